The average Bonchev–Trinajstić information content (AvgIpc) is 2.95. The Morgan fingerprint density at radius 1 is 1.30 bits per heavy atom. The molecule has 0 spiro atoms. The molecule has 1 heterocycles. The van der Waals surface area contributed by atoms with Gasteiger partial charge in [-0.1, -0.05) is 13.3 Å². The lowest BCUT2D eigenvalue weighted by atomic mass is 9.80. The highest BCUT2D eigenvalue weighted by atomic mass is 16.1. The fourth-order valence-electron chi connectivity index (χ4n) is 3.46. The molecule has 2 aliphatic rings. The average molecular weight is 272 g/mol. The number of rotatable bonds is 3. The van der Waals surface area contributed by atoms with Gasteiger partial charge < -0.3 is 10.6 Å². The summed E-state index contributed by atoms with van der Waals surface area (Å²) in [6, 6.07) is 6.20. The van der Waals surface area contributed by atoms with Crippen molar-refractivity contribution in [2.24, 2.45) is 11.8 Å². The predicted octanol–water partition coefficient (Wildman–Crippen LogP) is 3.81. The van der Waals surface area contributed by atoms with Gasteiger partial charge >= 0.3 is 0 Å². The topological polar surface area (TPSA) is 41.1 Å². The van der Waals surface area contributed by atoms with Gasteiger partial charge in [0, 0.05) is 23.8 Å². The van der Waals surface area contributed by atoms with Crippen molar-refractivity contribution < 1.29 is 4.79 Å². The first-order chi connectivity index (χ1) is 9.76. The van der Waals surface area contributed by atoms with Crippen LogP contribution in [0.25, 0.3) is 0 Å². The number of carbonyl (C=O) groups is 1. The lowest BCUT2D eigenvalue weighted by Crippen LogP contribution is -2.27. The van der Waals surface area contributed by atoms with E-state index in [-0.39, 0.29) is 11.8 Å². The Bertz CT molecular complexity index is 490. The highest BCUT2D eigenvalue weighted by molar-refractivity contribution is 5.93. The Morgan fingerprint density at radius 2 is 2.10 bits per heavy atom. The molecule has 1 aromatic carbocycles. The third-order valence-electron chi connectivity index (χ3n) is 4.88. The monoisotopic (exact) mass is 272 g/mol. The van der Waals surface area contributed by atoms with Gasteiger partial charge in [0.1, 0.15) is 0 Å². The van der Waals surface area contributed by atoms with E-state index in [0.29, 0.717) is 0 Å². The molecule has 3 rings (SSSR count). The Kier molecular flexibility index (Phi) is 3.95. The van der Waals surface area contributed by atoms with Crippen LogP contribution in [0.3, 0.4) is 0 Å². The normalized spacial score (nSPS) is 24.9. The van der Waals surface area contributed by atoms with Gasteiger partial charge in [-0.2, -0.15) is 0 Å². The molecular weight excluding hydrogens is 248 g/mol. The van der Waals surface area contributed by atoms with E-state index in [1.54, 1.807) is 0 Å². The minimum Gasteiger partial charge on any atom is -0.384 e. The minimum absolute atomic E-state index is 0.212. The summed E-state index contributed by atoms with van der Waals surface area (Å²) in [5, 5.41) is 6.45. The van der Waals surface area contributed by atoms with Crippen LogP contribution < -0.4 is 10.6 Å². The number of hydrogen-bond donors (Lipinski definition) is 2. The second-order valence-electron chi connectivity index (χ2n) is 6.16. The van der Waals surface area contributed by atoms with Crippen molar-refractivity contribution in [2.75, 3.05) is 17.2 Å². The molecule has 20 heavy (non-hydrogen) atoms. The summed E-state index contributed by atoms with van der Waals surface area (Å²) in [5.74, 6) is 1.26. The van der Waals surface area contributed by atoms with Crippen LogP contribution in [0.1, 0.15) is 44.6 Å². The van der Waals surface area contributed by atoms with Crippen LogP contribution in [0.5, 0.6) is 0 Å². The van der Waals surface area contributed by atoms with Crippen LogP contribution >= 0.6 is 0 Å². The van der Waals surface area contributed by atoms with E-state index in [4.69, 9.17) is 0 Å². The zero-order valence-corrected chi connectivity index (χ0v) is 12.2. The summed E-state index contributed by atoms with van der Waals surface area (Å²) in [5.41, 5.74) is 3.49. The smallest absolute Gasteiger partial charge is 0.227 e. The number of hydrogen-bond acceptors (Lipinski definition) is 2. The third kappa shape index (κ3) is 2.82. The van der Waals surface area contributed by atoms with Gasteiger partial charge in [-0.05, 0) is 61.8 Å². The van der Waals surface area contributed by atoms with E-state index in [2.05, 4.69) is 29.7 Å². The summed E-state index contributed by atoms with van der Waals surface area (Å²) >= 11 is 0. The van der Waals surface area contributed by atoms with E-state index in [0.717, 1.165) is 37.4 Å². The summed E-state index contributed by atoms with van der Waals surface area (Å²) in [7, 11) is 0. The zero-order valence-electron chi connectivity index (χ0n) is 12.2. The second-order valence-corrected chi connectivity index (χ2v) is 6.16. The number of amides is 1. The molecule has 0 radical (unpaired) electrons. The summed E-state index contributed by atoms with van der Waals surface area (Å²) in [6.45, 7) is 3.26. The van der Waals surface area contributed by atoms with Crippen LogP contribution in [0, 0.1) is 11.8 Å². The Hall–Kier alpha value is -1.51. The zero-order chi connectivity index (χ0) is 13.9. The largest absolute Gasteiger partial charge is 0.384 e. The van der Waals surface area contributed by atoms with E-state index >= 15 is 0 Å². The Morgan fingerprint density at radius 3 is 2.85 bits per heavy atom. The summed E-state index contributed by atoms with van der Waals surface area (Å²) in [6.07, 6.45) is 6.84. The first-order valence-electron chi connectivity index (χ1n) is 7.94. The predicted molar refractivity (Wildman–Crippen MR) is 83.0 cm³/mol. The molecule has 2 N–H and O–H groups in total. The standard InChI is InChI=1S/C17H24N2O/c1-2-12-3-5-13(6-4-12)17(20)19-15-7-8-16-14(11-15)9-10-18-16/h7-8,11-13,18H,2-6,9-10H2,1H3,(H,19,20). The van der Waals surface area contributed by atoms with Crippen LogP contribution in [-0.4, -0.2) is 12.5 Å². The molecule has 1 fully saturated rings. The third-order valence-corrected chi connectivity index (χ3v) is 4.88. The molecule has 1 aliphatic heterocycles. The molecule has 1 aliphatic carbocycles. The van der Waals surface area contributed by atoms with Crippen molar-refractivity contribution in [3.05, 3.63) is 23.8 Å². The molecule has 0 saturated heterocycles. The highest BCUT2D eigenvalue weighted by Gasteiger charge is 2.25. The van der Waals surface area contributed by atoms with Gasteiger partial charge in [-0.15, -0.1) is 0 Å². The summed E-state index contributed by atoms with van der Waals surface area (Å²) in [4.78, 5) is 12.3. The van der Waals surface area contributed by atoms with E-state index < -0.39 is 0 Å². The van der Waals surface area contributed by atoms with Gasteiger partial charge in [-0.25, -0.2) is 0 Å². The maximum absolute atomic E-state index is 12.3. The molecule has 0 unspecified atom stereocenters. The lowest BCUT2D eigenvalue weighted by molar-refractivity contribution is -0.121. The minimum atomic E-state index is 0.212. The molecule has 1 aromatic rings. The molecule has 3 nitrogen and oxygen atoms in total. The Balaban J connectivity index is 1.59. The molecule has 0 aromatic heterocycles. The number of fused-ring (bicyclic) bond motifs is 1. The van der Waals surface area contributed by atoms with Crippen molar-refractivity contribution in [1.82, 2.24) is 0 Å². The van der Waals surface area contributed by atoms with Gasteiger partial charge in [-0.3, -0.25) is 4.79 Å². The Labute approximate surface area is 121 Å². The summed E-state index contributed by atoms with van der Waals surface area (Å²) < 4.78 is 0. The van der Waals surface area contributed by atoms with E-state index in [1.807, 2.05) is 6.07 Å². The van der Waals surface area contributed by atoms with Gasteiger partial charge in [0.05, 0.1) is 0 Å². The van der Waals surface area contributed by atoms with Gasteiger partial charge in [0.15, 0.2) is 0 Å². The number of nitrogens with one attached hydrogen (secondary N) is 2. The van der Waals surface area contributed by atoms with Crippen molar-refractivity contribution in [2.45, 2.75) is 45.4 Å². The van der Waals surface area contributed by atoms with Crippen molar-refractivity contribution in [3.8, 4) is 0 Å². The maximum atomic E-state index is 12.3. The first-order valence-corrected chi connectivity index (χ1v) is 7.94. The lowest BCUT2D eigenvalue weighted by Gasteiger charge is -2.27. The van der Waals surface area contributed by atoms with Crippen LogP contribution in [0.4, 0.5) is 11.4 Å². The van der Waals surface area contributed by atoms with Crippen molar-refractivity contribution in [3.63, 3.8) is 0 Å². The molecule has 108 valence electrons. The molecule has 3 heteroatoms. The van der Waals surface area contributed by atoms with Crippen LogP contribution in [-0.2, 0) is 11.2 Å². The molecule has 1 saturated carbocycles. The SMILES string of the molecule is CCC1CCC(C(=O)Nc2ccc3c(c2)CCN3)CC1. The maximum Gasteiger partial charge on any atom is 0.227 e. The fourth-order valence-corrected chi connectivity index (χ4v) is 3.46. The van der Waals surface area contributed by atoms with E-state index in [1.165, 1.54) is 30.5 Å². The van der Waals surface area contributed by atoms with Crippen molar-refractivity contribution >= 4 is 17.3 Å². The number of benzene rings is 1. The molecular formula is C17H24N2O. The molecule has 0 bridgehead atoms. The van der Waals surface area contributed by atoms with Crippen LogP contribution in [0.2, 0.25) is 0 Å². The quantitative estimate of drug-likeness (QED) is 0.878. The highest BCUT2D eigenvalue weighted by Crippen LogP contribution is 2.32. The van der Waals surface area contributed by atoms with Crippen LogP contribution in [0.15, 0.2) is 18.2 Å². The van der Waals surface area contributed by atoms with E-state index in [9.17, 15) is 4.79 Å². The fraction of sp³-hybridized carbons (Fsp3) is 0.588. The number of carbonyl (C=O) groups excluding carboxylic acids is 1. The van der Waals surface area contributed by atoms with Gasteiger partial charge in [0.2, 0.25) is 5.91 Å². The first kappa shape index (κ1) is 13.5. The molecule has 0 atom stereocenters. The number of anilines is 2. The second kappa shape index (κ2) is 5.86. The molecule has 1 amide bonds. The van der Waals surface area contributed by atoms with Crippen molar-refractivity contribution in [1.29, 1.82) is 0 Å². The van der Waals surface area contributed by atoms with Gasteiger partial charge in [0.25, 0.3) is 0 Å².